The fourth-order valence-electron chi connectivity index (χ4n) is 7.71. The summed E-state index contributed by atoms with van der Waals surface area (Å²) in [4.78, 5) is 35.3. The third-order valence-corrected chi connectivity index (χ3v) is 11.1. The van der Waals surface area contributed by atoms with E-state index in [4.69, 9.17) is 34.9 Å². The van der Waals surface area contributed by atoms with E-state index in [-0.39, 0.29) is 0 Å². The van der Waals surface area contributed by atoms with Gasteiger partial charge in [0, 0.05) is 44.6 Å². The van der Waals surface area contributed by atoms with Gasteiger partial charge in [-0.2, -0.15) is 0 Å². The number of benzene rings is 7. The molecule has 0 atom stereocenters. The van der Waals surface area contributed by atoms with Crippen LogP contribution in [0.5, 0.6) is 0 Å². The Balaban J connectivity index is 1.13. The van der Waals surface area contributed by atoms with Gasteiger partial charge in [-0.25, -0.2) is 29.9 Å². The van der Waals surface area contributed by atoms with Gasteiger partial charge in [0.2, 0.25) is 0 Å². The van der Waals surface area contributed by atoms with E-state index < -0.39 is 0 Å². The Morgan fingerprint density at radius 1 is 0.238 bits per heavy atom. The molecule has 10 aromatic rings. The lowest BCUT2D eigenvalue weighted by Gasteiger charge is -2.17. The smallest absolute Gasteiger partial charge is 0.164 e. The largest absolute Gasteiger partial charge is 0.253 e. The van der Waals surface area contributed by atoms with Gasteiger partial charge in [0.25, 0.3) is 0 Å². The number of pyridine rings is 1. The van der Waals surface area contributed by atoms with Crippen LogP contribution in [0, 0.1) is 20.8 Å². The monoisotopic (exact) mass is 811 g/mol. The first-order chi connectivity index (χ1) is 30.9. The van der Waals surface area contributed by atoms with E-state index in [0.717, 1.165) is 72.6 Å². The van der Waals surface area contributed by atoms with E-state index in [1.54, 1.807) is 0 Å². The summed E-state index contributed by atoms with van der Waals surface area (Å²) in [6.07, 6.45) is 0. The van der Waals surface area contributed by atoms with Crippen molar-refractivity contribution >= 4 is 0 Å². The van der Waals surface area contributed by atoms with Crippen molar-refractivity contribution < 1.29 is 0 Å². The third-order valence-electron chi connectivity index (χ3n) is 11.1. The number of hydrogen-bond acceptors (Lipinski definition) is 7. The molecular weight excluding hydrogens is 771 g/mol. The van der Waals surface area contributed by atoms with Crippen LogP contribution in [0.25, 0.3) is 102 Å². The average Bonchev–Trinajstić information content (AvgIpc) is 3.34. The second-order valence-corrected chi connectivity index (χ2v) is 15.6. The molecule has 0 saturated carbocycles. The molecule has 10 rings (SSSR count). The van der Waals surface area contributed by atoms with Gasteiger partial charge in [0.05, 0.1) is 5.69 Å². The van der Waals surface area contributed by atoms with Crippen molar-refractivity contribution in [3.63, 3.8) is 0 Å². The molecule has 7 heteroatoms. The van der Waals surface area contributed by atoms with Gasteiger partial charge in [-0.15, -0.1) is 0 Å². The maximum atomic E-state index is 5.14. The summed E-state index contributed by atoms with van der Waals surface area (Å²) in [6, 6.07) is 66.2. The van der Waals surface area contributed by atoms with Crippen molar-refractivity contribution in [3.05, 3.63) is 211 Å². The number of rotatable bonds is 9. The maximum Gasteiger partial charge on any atom is 0.164 e. The summed E-state index contributed by atoms with van der Waals surface area (Å²) < 4.78 is 0. The molecule has 0 aliphatic rings. The van der Waals surface area contributed by atoms with Crippen LogP contribution in [0.3, 0.4) is 0 Å². The van der Waals surface area contributed by atoms with Crippen molar-refractivity contribution in [2.24, 2.45) is 0 Å². The Kier molecular flexibility index (Phi) is 10.5. The van der Waals surface area contributed by atoms with Crippen LogP contribution in [-0.4, -0.2) is 34.9 Å². The Bertz CT molecular complexity index is 3120. The summed E-state index contributed by atoms with van der Waals surface area (Å²) >= 11 is 0. The van der Waals surface area contributed by atoms with Crippen LogP contribution in [-0.2, 0) is 0 Å². The number of hydrogen-bond donors (Lipinski definition) is 0. The van der Waals surface area contributed by atoms with Gasteiger partial charge in [-0.3, -0.25) is 4.98 Å². The summed E-state index contributed by atoms with van der Waals surface area (Å²) in [5, 5.41) is 0. The lowest BCUT2D eigenvalue weighted by Crippen LogP contribution is -2.01. The molecule has 7 aromatic carbocycles. The molecule has 0 saturated heterocycles. The van der Waals surface area contributed by atoms with Gasteiger partial charge in [0.15, 0.2) is 34.9 Å². The van der Waals surface area contributed by atoms with Crippen molar-refractivity contribution in [3.8, 4) is 102 Å². The molecule has 0 unspecified atom stereocenters. The molecule has 3 heterocycles. The highest BCUT2D eigenvalue weighted by Crippen LogP contribution is 2.40. The van der Waals surface area contributed by atoms with Gasteiger partial charge in [0.1, 0.15) is 0 Å². The number of aryl methyl sites for hydroxylation is 3. The van der Waals surface area contributed by atoms with E-state index in [1.165, 1.54) is 11.1 Å². The normalized spacial score (nSPS) is 11.1. The van der Waals surface area contributed by atoms with Gasteiger partial charge < -0.3 is 0 Å². The van der Waals surface area contributed by atoms with Gasteiger partial charge >= 0.3 is 0 Å². The maximum absolute atomic E-state index is 5.14. The van der Waals surface area contributed by atoms with E-state index in [0.29, 0.717) is 34.9 Å². The van der Waals surface area contributed by atoms with E-state index >= 15 is 0 Å². The summed E-state index contributed by atoms with van der Waals surface area (Å²) in [7, 11) is 0. The van der Waals surface area contributed by atoms with Crippen molar-refractivity contribution in [1.82, 2.24) is 34.9 Å². The predicted molar refractivity (Wildman–Crippen MR) is 254 cm³/mol. The first kappa shape index (κ1) is 38.9. The lowest BCUT2D eigenvalue weighted by atomic mass is 9.90. The fourth-order valence-corrected chi connectivity index (χ4v) is 7.71. The Morgan fingerprint density at radius 3 is 1.21 bits per heavy atom. The average molecular weight is 812 g/mol. The first-order valence-corrected chi connectivity index (χ1v) is 21.0. The lowest BCUT2D eigenvalue weighted by molar-refractivity contribution is 1.07. The molecule has 7 nitrogen and oxygen atoms in total. The summed E-state index contributed by atoms with van der Waals surface area (Å²) in [5.41, 5.74) is 14.6. The molecule has 0 amide bonds. The van der Waals surface area contributed by atoms with Gasteiger partial charge in [-0.05, 0) is 67.3 Å². The zero-order valence-electron chi connectivity index (χ0n) is 35.1. The highest BCUT2D eigenvalue weighted by atomic mass is 15.0. The van der Waals surface area contributed by atoms with E-state index in [2.05, 4.69) is 135 Å². The van der Waals surface area contributed by atoms with Crippen LogP contribution in [0.4, 0.5) is 0 Å². The molecule has 0 aliphatic heterocycles. The van der Waals surface area contributed by atoms with Crippen molar-refractivity contribution in [2.45, 2.75) is 20.8 Å². The molecule has 0 aliphatic carbocycles. The Labute approximate surface area is 367 Å². The molecule has 300 valence electrons. The second kappa shape index (κ2) is 17.0. The quantitative estimate of drug-likeness (QED) is 0.143. The molecule has 63 heavy (non-hydrogen) atoms. The first-order valence-electron chi connectivity index (χ1n) is 21.0. The highest BCUT2D eigenvalue weighted by Gasteiger charge is 2.20. The van der Waals surface area contributed by atoms with Crippen LogP contribution in [0.2, 0.25) is 0 Å². The Morgan fingerprint density at radius 2 is 0.651 bits per heavy atom. The molecule has 0 radical (unpaired) electrons. The van der Waals surface area contributed by atoms with E-state index in [1.807, 2.05) is 79.7 Å². The summed E-state index contributed by atoms with van der Waals surface area (Å²) in [6.45, 7) is 6.18. The minimum atomic E-state index is 0.581. The molecule has 0 N–H and O–H groups in total. The molecule has 3 aromatic heterocycles. The Hall–Kier alpha value is -8.29. The fraction of sp³-hybridized carbons (Fsp3) is 0.0536. The van der Waals surface area contributed by atoms with Crippen molar-refractivity contribution in [2.75, 3.05) is 0 Å². The molecule has 0 spiro atoms. The van der Waals surface area contributed by atoms with E-state index in [9.17, 15) is 0 Å². The number of nitrogens with zero attached hydrogens (tertiary/aromatic N) is 7. The topological polar surface area (TPSA) is 90.2 Å². The zero-order chi connectivity index (χ0) is 42.7. The minimum absolute atomic E-state index is 0.581. The molecule has 0 fully saturated rings. The highest BCUT2D eigenvalue weighted by molar-refractivity contribution is 5.92. The SMILES string of the molecule is Cc1ccc(-c2nc(-c3ccc(C)cc3)nc(-c3cccc(-c4ccc(-c5cccc(C)n5)c(-c5ccccc5-c5nc(-c6ccccc6)nc(-c6ccccc6)n5)c4)c3)n2)cc1. The zero-order valence-corrected chi connectivity index (χ0v) is 35.1. The van der Waals surface area contributed by atoms with Crippen LogP contribution < -0.4 is 0 Å². The van der Waals surface area contributed by atoms with Crippen LogP contribution in [0.1, 0.15) is 16.8 Å². The standard InChI is InChI=1S/C56H41N7/c1-36-24-28-41(29-25-36)53-59-54(42-30-26-37(2)27-31-42)61-55(60-53)45-20-13-19-43(34-45)44-32-33-47(50-23-12-14-38(3)57-50)49(35-44)46-21-10-11-22-48(46)56-62-51(39-15-6-4-7-16-39)58-52(63-56)40-17-8-5-9-18-40/h4-35H,1-3H3. The minimum Gasteiger partial charge on any atom is -0.253 e. The molecular formula is C56H41N7. The van der Waals surface area contributed by atoms with Crippen molar-refractivity contribution in [1.29, 1.82) is 0 Å². The van der Waals surface area contributed by atoms with Crippen LogP contribution in [0.15, 0.2) is 194 Å². The van der Waals surface area contributed by atoms with Gasteiger partial charge in [-0.1, -0.05) is 181 Å². The summed E-state index contributed by atoms with van der Waals surface area (Å²) in [5.74, 6) is 3.64. The number of aromatic nitrogens is 7. The second-order valence-electron chi connectivity index (χ2n) is 15.6. The third kappa shape index (κ3) is 8.28. The van der Waals surface area contributed by atoms with Crippen LogP contribution >= 0.6 is 0 Å². The molecule has 0 bridgehead atoms. The predicted octanol–water partition coefficient (Wildman–Crippen LogP) is 13.4.